The van der Waals surface area contributed by atoms with E-state index in [0.29, 0.717) is 10.8 Å². The number of nitrogens with one attached hydrogen (secondary N) is 1. The van der Waals surface area contributed by atoms with Gasteiger partial charge in [0.15, 0.2) is 0 Å². The second-order valence-corrected chi connectivity index (χ2v) is 7.02. The van der Waals surface area contributed by atoms with Crippen molar-refractivity contribution in [3.63, 3.8) is 0 Å². The van der Waals surface area contributed by atoms with E-state index in [0.717, 1.165) is 24.8 Å². The van der Waals surface area contributed by atoms with Gasteiger partial charge in [-0.25, -0.2) is 13.1 Å². The topological polar surface area (TPSA) is 46.2 Å². The molecule has 3 nitrogen and oxygen atoms in total. The summed E-state index contributed by atoms with van der Waals surface area (Å²) in [7, 11) is -3.37. The number of benzene rings is 1. The van der Waals surface area contributed by atoms with Gasteiger partial charge in [0.1, 0.15) is 0 Å². The van der Waals surface area contributed by atoms with Crippen molar-refractivity contribution in [2.24, 2.45) is 5.92 Å². The Hall–Kier alpha value is -0.870. The smallest absolute Gasteiger partial charge is 0.208 e. The molecular weight excluding hydrogens is 246 g/mol. The average molecular weight is 267 g/mol. The first-order valence-electron chi connectivity index (χ1n) is 6.58. The Bertz CT molecular complexity index is 510. The van der Waals surface area contributed by atoms with Gasteiger partial charge in [0.05, 0.1) is 4.90 Å². The molecular formula is C14H21NO2S. The molecule has 2 rings (SSSR count). The zero-order valence-corrected chi connectivity index (χ0v) is 11.8. The molecule has 1 fully saturated rings. The summed E-state index contributed by atoms with van der Waals surface area (Å²) in [6.07, 6.45) is 4.39. The molecule has 2 atom stereocenters. The van der Waals surface area contributed by atoms with Crippen LogP contribution in [0.3, 0.4) is 0 Å². The van der Waals surface area contributed by atoms with Gasteiger partial charge in [-0.3, -0.25) is 0 Å². The third-order valence-corrected chi connectivity index (χ3v) is 5.21. The highest BCUT2D eigenvalue weighted by molar-refractivity contribution is 7.89. The van der Waals surface area contributed by atoms with Crippen LogP contribution in [-0.4, -0.2) is 14.5 Å². The Balaban J connectivity index is 2.16. The van der Waals surface area contributed by atoms with Crippen LogP contribution >= 0.6 is 0 Å². The van der Waals surface area contributed by atoms with Crippen LogP contribution in [0, 0.1) is 12.8 Å². The van der Waals surface area contributed by atoms with Crippen molar-refractivity contribution in [2.45, 2.75) is 50.5 Å². The van der Waals surface area contributed by atoms with Crippen LogP contribution in [0.5, 0.6) is 0 Å². The molecule has 4 heteroatoms. The molecule has 0 unspecified atom stereocenters. The zero-order valence-electron chi connectivity index (χ0n) is 11.0. The lowest BCUT2D eigenvalue weighted by Gasteiger charge is -2.29. The molecule has 0 bridgehead atoms. The van der Waals surface area contributed by atoms with Crippen molar-refractivity contribution in [1.82, 2.24) is 4.72 Å². The fraction of sp³-hybridized carbons (Fsp3) is 0.571. The summed E-state index contributed by atoms with van der Waals surface area (Å²) in [5.41, 5.74) is 0.967. The molecule has 18 heavy (non-hydrogen) atoms. The van der Waals surface area contributed by atoms with Crippen LogP contribution in [0.2, 0.25) is 0 Å². The molecule has 0 radical (unpaired) electrons. The Kier molecular flexibility index (Phi) is 4.07. The number of rotatable bonds is 3. The molecule has 0 spiro atoms. The van der Waals surface area contributed by atoms with Crippen LogP contribution in [-0.2, 0) is 10.0 Å². The Morgan fingerprint density at radius 1 is 1.22 bits per heavy atom. The lowest BCUT2D eigenvalue weighted by atomic mass is 9.87. The van der Waals surface area contributed by atoms with Crippen molar-refractivity contribution in [1.29, 1.82) is 0 Å². The van der Waals surface area contributed by atoms with Crippen molar-refractivity contribution in [3.05, 3.63) is 29.8 Å². The standard InChI is InChI=1S/C14H21NO2S/c1-11-6-5-8-13(10-11)18(16,17)15-14-9-4-3-7-12(14)2/h5-6,8,10,12,14-15H,3-4,7,9H2,1-2H3/t12-,14+/m0/s1. The second-order valence-electron chi connectivity index (χ2n) is 5.31. The van der Waals surface area contributed by atoms with E-state index >= 15 is 0 Å². The summed E-state index contributed by atoms with van der Waals surface area (Å²) in [6.45, 7) is 4.03. The first kappa shape index (κ1) is 13.6. The van der Waals surface area contributed by atoms with Crippen molar-refractivity contribution >= 4 is 10.0 Å². The molecule has 1 aromatic rings. The van der Waals surface area contributed by atoms with Gasteiger partial charge in [-0.1, -0.05) is 31.9 Å². The van der Waals surface area contributed by atoms with E-state index in [4.69, 9.17) is 0 Å². The van der Waals surface area contributed by atoms with Gasteiger partial charge in [0.25, 0.3) is 0 Å². The minimum atomic E-state index is -3.37. The van der Waals surface area contributed by atoms with Gasteiger partial charge in [-0.05, 0) is 43.4 Å². The van der Waals surface area contributed by atoms with Gasteiger partial charge in [-0.2, -0.15) is 0 Å². The monoisotopic (exact) mass is 267 g/mol. The second kappa shape index (κ2) is 5.41. The van der Waals surface area contributed by atoms with E-state index in [1.807, 2.05) is 13.0 Å². The molecule has 0 aliphatic heterocycles. The number of hydrogen-bond donors (Lipinski definition) is 1. The maximum atomic E-state index is 12.3. The van der Waals surface area contributed by atoms with Gasteiger partial charge in [0, 0.05) is 6.04 Å². The lowest BCUT2D eigenvalue weighted by Crippen LogP contribution is -2.40. The van der Waals surface area contributed by atoms with E-state index in [1.165, 1.54) is 6.42 Å². The predicted octanol–water partition coefficient (Wildman–Crippen LogP) is 2.85. The largest absolute Gasteiger partial charge is 0.240 e. The highest BCUT2D eigenvalue weighted by Gasteiger charge is 2.26. The molecule has 0 amide bonds. The molecule has 1 N–H and O–H groups in total. The first-order chi connectivity index (χ1) is 8.49. The molecule has 1 saturated carbocycles. The van der Waals surface area contributed by atoms with Gasteiger partial charge >= 0.3 is 0 Å². The third-order valence-electron chi connectivity index (χ3n) is 3.72. The summed E-state index contributed by atoms with van der Waals surface area (Å²) in [6, 6.07) is 7.15. The molecule has 1 aliphatic carbocycles. The molecule has 0 saturated heterocycles. The SMILES string of the molecule is Cc1cccc(S(=O)(=O)N[C@@H]2CCCC[C@@H]2C)c1. The first-order valence-corrected chi connectivity index (χ1v) is 8.06. The van der Waals surface area contributed by atoms with Crippen LogP contribution in [0.25, 0.3) is 0 Å². The van der Waals surface area contributed by atoms with Crippen molar-refractivity contribution < 1.29 is 8.42 Å². The van der Waals surface area contributed by atoms with Gasteiger partial charge in [0.2, 0.25) is 10.0 Å². The molecule has 1 aromatic carbocycles. The fourth-order valence-electron chi connectivity index (χ4n) is 2.54. The quantitative estimate of drug-likeness (QED) is 0.915. The molecule has 100 valence electrons. The summed E-state index contributed by atoms with van der Waals surface area (Å²) in [5, 5.41) is 0. The van der Waals surface area contributed by atoms with Crippen molar-refractivity contribution in [3.8, 4) is 0 Å². The van der Waals surface area contributed by atoms with E-state index < -0.39 is 10.0 Å². The highest BCUT2D eigenvalue weighted by Crippen LogP contribution is 2.25. The molecule has 0 heterocycles. The van der Waals surface area contributed by atoms with Gasteiger partial charge < -0.3 is 0 Å². The zero-order chi connectivity index (χ0) is 13.2. The van der Waals surface area contributed by atoms with Crippen LogP contribution in [0.4, 0.5) is 0 Å². The summed E-state index contributed by atoms with van der Waals surface area (Å²) < 4.78 is 27.4. The normalized spacial score (nSPS) is 25.0. The lowest BCUT2D eigenvalue weighted by molar-refractivity contribution is 0.310. The van der Waals surface area contributed by atoms with E-state index in [2.05, 4.69) is 11.6 Å². The van der Waals surface area contributed by atoms with Gasteiger partial charge in [-0.15, -0.1) is 0 Å². The predicted molar refractivity (Wildman–Crippen MR) is 72.9 cm³/mol. The molecule has 1 aliphatic rings. The maximum Gasteiger partial charge on any atom is 0.240 e. The highest BCUT2D eigenvalue weighted by atomic mass is 32.2. The third kappa shape index (κ3) is 3.12. The number of sulfonamides is 1. The summed E-state index contributed by atoms with van der Waals surface area (Å²) >= 11 is 0. The average Bonchev–Trinajstić information content (AvgIpc) is 2.32. The van der Waals surface area contributed by atoms with Crippen LogP contribution < -0.4 is 4.72 Å². The van der Waals surface area contributed by atoms with Crippen molar-refractivity contribution in [2.75, 3.05) is 0 Å². The number of aryl methyl sites for hydroxylation is 1. The van der Waals surface area contributed by atoms with E-state index in [1.54, 1.807) is 18.2 Å². The Morgan fingerprint density at radius 2 is 1.94 bits per heavy atom. The van der Waals surface area contributed by atoms with Crippen LogP contribution in [0.1, 0.15) is 38.2 Å². The molecule has 0 aromatic heterocycles. The maximum absolute atomic E-state index is 12.3. The Labute approximate surface area is 110 Å². The number of hydrogen-bond acceptors (Lipinski definition) is 2. The van der Waals surface area contributed by atoms with E-state index in [-0.39, 0.29) is 6.04 Å². The Morgan fingerprint density at radius 3 is 2.61 bits per heavy atom. The van der Waals surface area contributed by atoms with E-state index in [9.17, 15) is 8.42 Å². The minimum absolute atomic E-state index is 0.0873. The summed E-state index contributed by atoms with van der Waals surface area (Å²) in [4.78, 5) is 0.375. The van der Waals surface area contributed by atoms with Crippen LogP contribution in [0.15, 0.2) is 29.2 Å². The fourth-order valence-corrected chi connectivity index (χ4v) is 4.02. The minimum Gasteiger partial charge on any atom is -0.208 e. The summed E-state index contributed by atoms with van der Waals surface area (Å²) in [5.74, 6) is 0.429.